The summed E-state index contributed by atoms with van der Waals surface area (Å²) in [6, 6.07) is 2.14. The molecular formula is C18H19N3NaO6S+. The normalized spacial score (nSPS) is 21.8. The number of fused-ring (bicyclic) bond motifs is 2. The molecule has 0 saturated heterocycles. The van der Waals surface area contributed by atoms with Gasteiger partial charge in [-0.15, -0.1) is 0 Å². The van der Waals surface area contributed by atoms with E-state index in [9.17, 15) is 28.3 Å². The Labute approximate surface area is 191 Å². The zero-order chi connectivity index (χ0) is 20.7. The molecule has 0 saturated carbocycles. The van der Waals surface area contributed by atoms with E-state index in [0.717, 1.165) is 11.0 Å². The van der Waals surface area contributed by atoms with Gasteiger partial charge in [-0.05, 0) is 30.5 Å². The largest absolute Gasteiger partial charge is 1.00 e. The van der Waals surface area contributed by atoms with Gasteiger partial charge in [-0.3, -0.25) is 19.3 Å². The number of aromatic hydroxyl groups is 1. The average molecular weight is 428 g/mol. The number of phenolic OH excluding ortho intramolecular Hbond substituents is 1. The number of aryl methyl sites for hydroxylation is 1. The number of amides is 3. The van der Waals surface area contributed by atoms with Gasteiger partial charge in [0.15, 0.2) is 16.5 Å². The predicted octanol–water partition coefficient (Wildman–Crippen LogP) is -2.24. The third kappa shape index (κ3) is 4.17. The molecule has 3 rings (SSSR count). The summed E-state index contributed by atoms with van der Waals surface area (Å²) < 4.78 is 22.2. The Morgan fingerprint density at radius 3 is 2.55 bits per heavy atom. The van der Waals surface area contributed by atoms with E-state index in [0.29, 0.717) is 11.1 Å². The van der Waals surface area contributed by atoms with Gasteiger partial charge in [0.25, 0.3) is 5.91 Å². The van der Waals surface area contributed by atoms with Gasteiger partial charge in [-0.1, -0.05) is 12.1 Å². The summed E-state index contributed by atoms with van der Waals surface area (Å²) in [4.78, 5) is 38.8. The number of anilines is 1. The molecule has 1 aromatic carbocycles. The van der Waals surface area contributed by atoms with Crippen LogP contribution in [0.2, 0.25) is 0 Å². The van der Waals surface area contributed by atoms with Crippen molar-refractivity contribution in [1.29, 1.82) is 0 Å². The minimum absolute atomic E-state index is 0. The van der Waals surface area contributed by atoms with Crippen LogP contribution in [0.5, 0.6) is 5.75 Å². The molecule has 2 aliphatic heterocycles. The first kappa shape index (κ1) is 23.3. The molecule has 0 radical (unpaired) electrons. The van der Waals surface area contributed by atoms with E-state index < -0.39 is 40.2 Å². The smallest absolute Gasteiger partial charge is 0.505 e. The maximum absolute atomic E-state index is 13.1. The van der Waals surface area contributed by atoms with Crippen molar-refractivity contribution in [3.05, 3.63) is 47.2 Å². The van der Waals surface area contributed by atoms with Crippen LogP contribution in [-0.4, -0.2) is 47.9 Å². The minimum atomic E-state index is -2.54. The summed E-state index contributed by atoms with van der Waals surface area (Å²) in [5, 5.41) is 9.23. The Balaban J connectivity index is 0.00000300. The maximum atomic E-state index is 13.1. The molecule has 0 bridgehead atoms. The molecule has 3 amide bonds. The quantitative estimate of drug-likeness (QED) is 0.282. The van der Waals surface area contributed by atoms with Crippen LogP contribution in [0, 0.1) is 6.92 Å². The molecule has 148 valence electrons. The fourth-order valence-electron chi connectivity index (χ4n) is 3.51. The van der Waals surface area contributed by atoms with E-state index >= 15 is 0 Å². The standard InChI is InChI=1S/C18H19N3O6S.Na/c1-9-3-5-12-15(16(9)24)21(10(2)22)18(28(26)27)13-7-11(4-6-14(19)23)8-20(13)17(12)25;/h3-6,8,13,18,24H,7H2,1-2H3,(H2,19,23)(H,26,27);/q;+1/b6-4+;. The van der Waals surface area contributed by atoms with Crippen LogP contribution in [0.15, 0.2) is 36.1 Å². The van der Waals surface area contributed by atoms with Crippen LogP contribution in [0.3, 0.4) is 0 Å². The van der Waals surface area contributed by atoms with Gasteiger partial charge in [0.05, 0.1) is 11.6 Å². The van der Waals surface area contributed by atoms with Gasteiger partial charge in [-0.25, -0.2) is 4.21 Å². The van der Waals surface area contributed by atoms with Gasteiger partial charge in [0, 0.05) is 19.2 Å². The van der Waals surface area contributed by atoms with Crippen molar-refractivity contribution < 1.29 is 57.8 Å². The van der Waals surface area contributed by atoms with E-state index in [1.807, 2.05) is 0 Å². The summed E-state index contributed by atoms with van der Waals surface area (Å²) in [5.74, 6) is -2.09. The number of primary amides is 1. The van der Waals surface area contributed by atoms with Crippen LogP contribution in [0.1, 0.15) is 29.3 Å². The third-order valence-electron chi connectivity index (χ3n) is 4.76. The maximum Gasteiger partial charge on any atom is 1.00 e. The number of phenols is 1. The average Bonchev–Trinajstić information content (AvgIpc) is 2.99. The fraction of sp³-hybridized carbons (Fsp3) is 0.278. The molecule has 4 N–H and O–H groups in total. The molecule has 0 aliphatic carbocycles. The molecule has 0 fully saturated rings. The molecule has 9 nitrogen and oxygen atoms in total. The van der Waals surface area contributed by atoms with Gasteiger partial charge >= 0.3 is 29.6 Å². The van der Waals surface area contributed by atoms with E-state index in [4.69, 9.17) is 5.73 Å². The van der Waals surface area contributed by atoms with Crippen LogP contribution < -0.4 is 40.2 Å². The second kappa shape index (κ2) is 8.80. The van der Waals surface area contributed by atoms with Gasteiger partial charge < -0.3 is 20.3 Å². The summed E-state index contributed by atoms with van der Waals surface area (Å²) in [6.45, 7) is 2.80. The van der Waals surface area contributed by atoms with Crippen LogP contribution in [0.4, 0.5) is 5.69 Å². The number of rotatable bonds is 3. The van der Waals surface area contributed by atoms with Gasteiger partial charge in [0.2, 0.25) is 11.8 Å². The third-order valence-corrected chi connectivity index (χ3v) is 5.70. The Morgan fingerprint density at radius 1 is 1.34 bits per heavy atom. The van der Waals surface area contributed by atoms with Gasteiger partial charge in [0.1, 0.15) is 11.4 Å². The molecule has 3 unspecified atom stereocenters. The topological polar surface area (TPSA) is 141 Å². The van der Waals surface area contributed by atoms with Crippen molar-refractivity contribution >= 4 is 34.5 Å². The number of carbonyl (C=O) groups is 3. The van der Waals surface area contributed by atoms with Crippen molar-refractivity contribution in [3.63, 3.8) is 0 Å². The zero-order valence-corrected chi connectivity index (χ0v) is 19.0. The first-order chi connectivity index (χ1) is 13.1. The minimum Gasteiger partial charge on any atom is -0.505 e. The van der Waals surface area contributed by atoms with Gasteiger partial charge in [-0.2, -0.15) is 0 Å². The molecule has 29 heavy (non-hydrogen) atoms. The van der Waals surface area contributed by atoms with Crippen molar-refractivity contribution in [2.45, 2.75) is 31.7 Å². The Bertz CT molecular complexity index is 977. The molecule has 0 spiro atoms. The van der Waals surface area contributed by atoms with E-state index in [1.165, 1.54) is 36.2 Å². The second-order valence-corrected chi connectivity index (χ2v) is 7.64. The van der Waals surface area contributed by atoms with Crippen LogP contribution in [0.25, 0.3) is 0 Å². The molecule has 1 aromatic rings. The van der Waals surface area contributed by atoms with E-state index in [1.54, 1.807) is 6.92 Å². The molecule has 3 atom stereocenters. The number of nitrogens with zero attached hydrogens (tertiary/aromatic N) is 2. The first-order valence-electron chi connectivity index (χ1n) is 8.36. The second-order valence-electron chi connectivity index (χ2n) is 6.61. The summed E-state index contributed by atoms with van der Waals surface area (Å²) in [5.41, 5.74) is 6.01. The van der Waals surface area contributed by atoms with Crippen molar-refractivity contribution in [1.82, 2.24) is 4.90 Å². The van der Waals surface area contributed by atoms with Crippen LogP contribution >= 0.6 is 0 Å². The summed E-state index contributed by atoms with van der Waals surface area (Å²) in [7, 11) is 0. The van der Waals surface area contributed by atoms with Crippen molar-refractivity contribution in [3.8, 4) is 5.75 Å². The predicted molar refractivity (Wildman–Crippen MR) is 102 cm³/mol. The number of hydrogen-bond acceptors (Lipinski definition) is 5. The zero-order valence-electron chi connectivity index (χ0n) is 16.2. The Hall–Kier alpha value is -1.98. The SMILES string of the molecule is CC(=O)N1c2c(ccc(C)c2O)C(=O)N2C=C(/C=C/C(N)=O)CC2C1S(=O)O.[Na+]. The van der Waals surface area contributed by atoms with E-state index in [-0.39, 0.29) is 53.0 Å². The van der Waals surface area contributed by atoms with E-state index in [2.05, 4.69) is 0 Å². The van der Waals surface area contributed by atoms with Crippen molar-refractivity contribution in [2.75, 3.05) is 4.90 Å². The monoisotopic (exact) mass is 428 g/mol. The molecule has 11 heteroatoms. The van der Waals surface area contributed by atoms with Crippen molar-refractivity contribution in [2.24, 2.45) is 5.73 Å². The number of nitrogens with two attached hydrogens (primary N) is 1. The molecule has 2 heterocycles. The van der Waals surface area contributed by atoms with Crippen LogP contribution in [-0.2, 0) is 20.7 Å². The first-order valence-corrected chi connectivity index (χ1v) is 9.53. The molecule has 0 aromatic heterocycles. The molecular weight excluding hydrogens is 409 g/mol. The number of hydrogen-bond donors (Lipinski definition) is 3. The Kier molecular flexibility index (Phi) is 7.07. The number of benzene rings is 1. The Morgan fingerprint density at radius 2 is 2.00 bits per heavy atom. The molecule has 2 aliphatic rings. The number of carbonyl (C=O) groups excluding carboxylic acids is 3. The number of allylic oxidation sites excluding steroid dienone is 1. The summed E-state index contributed by atoms with van der Waals surface area (Å²) in [6.07, 6.45) is 4.13. The fourth-order valence-corrected chi connectivity index (χ4v) is 4.44. The summed E-state index contributed by atoms with van der Waals surface area (Å²) >= 11 is -2.54.